The van der Waals surface area contributed by atoms with Crippen molar-refractivity contribution in [1.82, 2.24) is 0 Å². The molecule has 0 saturated carbocycles. The largest absolute Gasteiger partial charge is 0.496 e. The van der Waals surface area contributed by atoms with Gasteiger partial charge in [0.25, 0.3) is 5.91 Å². The Bertz CT molecular complexity index is 1220. The van der Waals surface area contributed by atoms with Crippen molar-refractivity contribution >= 4 is 34.9 Å². The Kier molecular flexibility index (Phi) is 6.71. The number of fused-ring (bicyclic) bond motifs is 1. The van der Waals surface area contributed by atoms with Gasteiger partial charge < -0.3 is 9.47 Å². The fourth-order valence-corrected chi connectivity index (χ4v) is 5.64. The van der Waals surface area contributed by atoms with Gasteiger partial charge in [-0.25, -0.2) is 4.79 Å². The van der Waals surface area contributed by atoms with E-state index in [0.717, 1.165) is 51.4 Å². The Morgan fingerprint density at radius 2 is 1.94 bits per heavy atom. The first-order valence-corrected chi connectivity index (χ1v) is 12.2. The van der Waals surface area contributed by atoms with Crippen LogP contribution < -0.4 is 9.64 Å². The molecule has 176 valence electrons. The molecule has 0 radical (unpaired) electrons. The average Bonchev–Trinajstić information content (AvgIpc) is 3.36. The molecule has 5 nitrogen and oxygen atoms in total. The Balaban J connectivity index is 1.90. The minimum absolute atomic E-state index is 0.0784. The first kappa shape index (κ1) is 23.9. The summed E-state index contributed by atoms with van der Waals surface area (Å²) in [6, 6.07) is 11.7. The van der Waals surface area contributed by atoms with Crippen LogP contribution in [0.25, 0.3) is 16.7 Å². The summed E-state index contributed by atoms with van der Waals surface area (Å²) in [6.07, 6.45) is 6.20. The molecule has 0 atom stereocenters. The summed E-state index contributed by atoms with van der Waals surface area (Å²) in [7, 11) is 1.64. The molecule has 1 amide bonds. The minimum atomic E-state index is -0.534. The van der Waals surface area contributed by atoms with E-state index in [1.165, 1.54) is 17.8 Å². The number of amides is 1. The zero-order valence-corrected chi connectivity index (χ0v) is 20.8. The number of allylic oxidation sites excluding steroid dienone is 2. The zero-order valence-electron chi connectivity index (χ0n) is 20.0. The SMILES string of the molecule is C=CC(=O)N1c2ccc(-c3ccccc3OC)c(COC(=O)C3=CCCS3)c2C(C)=CC1(C)C. The zero-order chi connectivity index (χ0) is 24.5. The Labute approximate surface area is 205 Å². The summed E-state index contributed by atoms with van der Waals surface area (Å²) in [5, 5.41) is 0. The molecule has 0 unspecified atom stereocenters. The molecular weight excluding hydrogens is 446 g/mol. The molecule has 4 rings (SSSR count). The van der Waals surface area contributed by atoms with E-state index in [4.69, 9.17) is 9.47 Å². The number of carbonyl (C=O) groups is 2. The maximum Gasteiger partial charge on any atom is 0.344 e. The second kappa shape index (κ2) is 9.55. The lowest BCUT2D eigenvalue weighted by Crippen LogP contribution is -2.48. The number of esters is 1. The van der Waals surface area contributed by atoms with Crippen LogP contribution in [0.2, 0.25) is 0 Å². The summed E-state index contributed by atoms with van der Waals surface area (Å²) < 4.78 is 11.4. The second-order valence-electron chi connectivity index (χ2n) is 8.83. The van der Waals surface area contributed by atoms with Gasteiger partial charge in [-0.1, -0.05) is 43.0 Å². The Morgan fingerprint density at radius 3 is 2.62 bits per heavy atom. The molecule has 0 N–H and O–H groups in total. The van der Waals surface area contributed by atoms with Gasteiger partial charge in [-0.05, 0) is 56.5 Å². The predicted molar refractivity (Wildman–Crippen MR) is 139 cm³/mol. The van der Waals surface area contributed by atoms with Gasteiger partial charge in [0.05, 0.1) is 23.2 Å². The van der Waals surface area contributed by atoms with Gasteiger partial charge in [0.15, 0.2) is 0 Å². The van der Waals surface area contributed by atoms with E-state index in [0.29, 0.717) is 4.91 Å². The van der Waals surface area contributed by atoms with Crippen LogP contribution in [0, 0.1) is 0 Å². The van der Waals surface area contributed by atoms with Crippen molar-refractivity contribution in [3.05, 3.63) is 77.2 Å². The summed E-state index contributed by atoms with van der Waals surface area (Å²) in [6.45, 7) is 9.81. The summed E-state index contributed by atoms with van der Waals surface area (Å²) in [4.78, 5) is 28.1. The average molecular weight is 476 g/mol. The molecule has 6 heteroatoms. The number of carbonyl (C=O) groups excluding carboxylic acids is 2. The van der Waals surface area contributed by atoms with Crippen molar-refractivity contribution in [3.63, 3.8) is 0 Å². The van der Waals surface area contributed by atoms with Crippen molar-refractivity contribution in [1.29, 1.82) is 0 Å². The number of methoxy groups -OCH3 is 1. The number of nitrogens with zero attached hydrogens (tertiary/aromatic N) is 1. The molecule has 0 saturated heterocycles. The second-order valence-corrected chi connectivity index (χ2v) is 9.96. The van der Waals surface area contributed by atoms with Crippen LogP contribution >= 0.6 is 11.8 Å². The molecule has 0 aromatic heterocycles. The van der Waals surface area contributed by atoms with Crippen molar-refractivity contribution in [2.75, 3.05) is 17.8 Å². The first-order valence-electron chi connectivity index (χ1n) is 11.2. The third-order valence-corrected chi connectivity index (χ3v) is 7.20. The number of benzene rings is 2. The van der Waals surface area contributed by atoms with Crippen molar-refractivity contribution in [2.45, 2.75) is 39.3 Å². The number of thioether (sulfide) groups is 1. The van der Waals surface area contributed by atoms with Gasteiger partial charge in [0.1, 0.15) is 12.4 Å². The lowest BCUT2D eigenvalue weighted by molar-refractivity contribution is -0.139. The summed E-state index contributed by atoms with van der Waals surface area (Å²) in [5.41, 5.74) is 4.78. The number of anilines is 1. The number of hydrogen-bond donors (Lipinski definition) is 0. The van der Waals surface area contributed by atoms with Gasteiger partial charge in [-0.2, -0.15) is 0 Å². The smallest absolute Gasteiger partial charge is 0.344 e. The molecule has 0 bridgehead atoms. The van der Waals surface area contributed by atoms with E-state index < -0.39 is 5.54 Å². The molecule has 34 heavy (non-hydrogen) atoms. The number of para-hydroxylation sites is 1. The highest BCUT2D eigenvalue weighted by atomic mass is 32.2. The molecular formula is C28H29NO4S. The van der Waals surface area contributed by atoms with Gasteiger partial charge in [0, 0.05) is 22.4 Å². The van der Waals surface area contributed by atoms with Crippen LogP contribution in [0.4, 0.5) is 5.69 Å². The topological polar surface area (TPSA) is 55.8 Å². The van der Waals surface area contributed by atoms with Crippen LogP contribution in [-0.2, 0) is 20.9 Å². The van der Waals surface area contributed by atoms with E-state index in [-0.39, 0.29) is 18.5 Å². The Hall–Kier alpha value is -3.25. The lowest BCUT2D eigenvalue weighted by Gasteiger charge is -2.42. The summed E-state index contributed by atoms with van der Waals surface area (Å²) in [5.74, 6) is 1.12. The standard InChI is InChI=1S/C28H29NO4S/c1-6-25(30)29-22-14-13-19(20-10-7-8-11-23(20)32-5)21(26(22)18(2)16-28(29,3)4)17-33-27(31)24-12-9-15-34-24/h6-8,10-14,16H,1,9,15,17H2,2-5H3. The van der Waals surface area contributed by atoms with Gasteiger partial charge in [0.2, 0.25) is 0 Å². The molecule has 0 fully saturated rings. The monoisotopic (exact) mass is 475 g/mol. The Morgan fingerprint density at radius 1 is 1.18 bits per heavy atom. The van der Waals surface area contributed by atoms with Crippen LogP contribution in [0.5, 0.6) is 5.75 Å². The lowest BCUT2D eigenvalue weighted by atomic mass is 9.83. The molecule has 2 aliphatic heterocycles. The van der Waals surface area contributed by atoms with E-state index in [1.54, 1.807) is 12.0 Å². The summed E-state index contributed by atoms with van der Waals surface area (Å²) >= 11 is 1.52. The van der Waals surface area contributed by atoms with E-state index in [9.17, 15) is 9.59 Å². The highest BCUT2D eigenvalue weighted by Gasteiger charge is 2.36. The molecule has 0 spiro atoms. The highest BCUT2D eigenvalue weighted by Crippen LogP contribution is 2.45. The predicted octanol–water partition coefficient (Wildman–Crippen LogP) is 6.14. The van der Waals surface area contributed by atoms with Gasteiger partial charge >= 0.3 is 5.97 Å². The molecule has 2 aromatic rings. The molecule has 2 heterocycles. The normalized spacial score (nSPS) is 16.3. The van der Waals surface area contributed by atoms with E-state index in [1.807, 2.05) is 63.2 Å². The van der Waals surface area contributed by atoms with Crippen LogP contribution in [0.1, 0.15) is 38.3 Å². The van der Waals surface area contributed by atoms with Crippen molar-refractivity contribution in [2.24, 2.45) is 0 Å². The fraction of sp³-hybridized carbons (Fsp3) is 0.286. The maximum absolute atomic E-state index is 12.9. The van der Waals surface area contributed by atoms with Gasteiger partial charge in [-0.3, -0.25) is 9.69 Å². The van der Waals surface area contributed by atoms with Crippen molar-refractivity contribution in [3.8, 4) is 16.9 Å². The highest BCUT2D eigenvalue weighted by molar-refractivity contribution is 8.04. The third kappa shape index (κ3) is 4.30. The minimum Gasteiger partial charge on any atom is -0.496 e. The number of ether oxygens (including phenoxy) is 2. The molecule has 2 aliphatic rings. The fourth-order valence-electron chi connectivity index (χ4n) is 4.77. The van der Waals surface area contributed by atoms with E-state index >= 15 is 0 Å². The maximum atomic E-state index is 12.9. The quantitative estimate of drug-likeness (QED) is 0.371. The van der Waals surface area contributed by atoms with Crippen LogP contribution in [0.15, 0.2) is 66.1 Å². The molecule has 0 aliphatic carbocycles. The van der Waals surface area contributed by atoms with Crippen LogP contribution in [-0.4, -0.2) is 30.3 Å². The molecule has 2 aromatic carbocycles. The van der Waals surface area contributed by atoms with Crippen molar-refractivity contribution < 1.29 is 19.1 Å². The number of hydrogen-bond acceptors (Lipinski definition) is 5. The number of rotatable bonds is 6. The van der Waals surface area contributed by atoms with E-state index in [2.05, 4.69) is 12.7 Å². The van der Waals surface area contributed by atoms with Gasteiger partial charge in [-0.15, -0.1) is 11.8 Å². The van der Waals surface area contributed by atoms with Crippen LogP contribution in [0.3, 0.4) is 0 Å². The first-order chi connectivity index (χ1) is 16.3. The third-order valence-electron chi connectivity index (χ3n) is 6.12.